The lowest BCUT2D eigenvalue weighted by molar-refractivity contribution is -0.131. The van der Waals surface area contributed by atoms with Gasteiger partial charge in [0, 0.05) is 6.08 Å². The van der Waals surface area contributed by atoms with Gasteiger partial charge >= 0.3 is 5.97 Å². The summed E-state index contributed by atoms with van der Waals surface area (Å²) >= 11 is 0. The molecule has 0 amide bonds. The van der Waals surface area contributed by atoms with E-state index in [-0.39, 0.29) is 6.61 Å². The minimum atomic E-state index is -0.981. The van der Waals surface area contributed by atoms with Gasteiger partial charge in [0.1, 0.15) is 0 Å². The normalized spacial score (nSPS) is 11.3. The molecule has 3 heteroatoms. The molecule has 0 aromatic rings. The minimum absolute atomic E-state index is 0.162. The Hall–Kier alpha value is -1.61. The maximum Gasteiger partial charge on any atom is 0.327 e. The third kappa shape index (κ3) is 20.9. The van der Waals surface area contributed by atoms with Crippen LogP contribution in [0.2, 0.25) is 0 Å². The smallest absolute Gasteiger partial charge is 0.327 e. The highest BCUT2D eigenvalue weighted by Crippen LogP contribution is 2.10. The lowest BCUT2D eigenvalue weighted by atomic mass is 10.1. The van der Waals surface area contributed by atoms with Crippen LogP contribution >= 0.6 is 0 Å². The highest BCUT2D eigenvalue weighted by Gasteiger charge is 1.91. The van der Waals surface area contributed by atoms with E-state index in [1.54, 1.807) is 0 Å². The second-order valence-corrected chi connectivity index (χ2v) is 5.18. The van der Waals surface area contributed by atoms with Crippen LogP contribution in [0.25, 0.3) is 0 Å². The van der Waals surface area contributed by atoms with Crippen LogP contribution in [0.15, 0.2) is 47.6 Å². The quantitative estimate of drug-likeness (QED) is 0.506. The third-order valence-electron chi connectivity index (χ3n) is 2.74. The van der Waals surface area contributed by atoms with Crippen molar-refractivity contribution in [2.45, 2.75) is 53.4 Å². The van der Waals surface area contributed by atoms with Crippen LogP contribution in [0.4, 0.5) is 0 Å². The second kappa shape index (κ2) is 14.8. The van der Waals surface area contributed by atoms with Crippen molar-refractivity contribution in [3.05, 3.63) is 47.6 Å². The number of allylic oxidation sites excluding steroid dienone is 5. The van der Waals surface area contributed by atoms with E-state index < -0.39 is 5.97 Å². The number of aliphatic carboxylic acids is 1. The van der Waals surface area contributed by atoms with Crippen molar-refractivity contribution in [3.63, 3.8) is 0 Å². The molecule has 0 aromatic carbocycles. The Labute approximate surface area is 129 Å². The molecule has 0 aliphatic rings. The Morgan fingerprint density at radius 2 is 1.38 bits per heavy atom. The average molecular weight is 294 g/mol. The van der Waals surface area contributed by atoms with Gasteiger partial charge in [-0.15, -0.1) is 0 Å². The van der Waals surface area contributed by atoms with Crippen molar-refractivity contribution in [3.8, 4) is 0 Å². The maximum absolute atomic E-state index is 9.25. The standard InChI is InChI=1S/C15H26O.C3H4O2/c1-13(2)7-5-8-14(3)9-6-10-15(4)11-12-16;1-2-3(4)5/h7,9,11,16H,5-6,8,10,12H2,1-4H3;2H,1H2,(H,4,5). The molecule has 0 spiro atoms. The Bertz CT molecular complexity index is 383. The molecule has 2 N–H and O–H groups in total. The molecule has 0 heterocycles. The Morgan fingerprint density at radius 1 is 0.952 bits per heavy atom. The van der Waals surface area contributed by atoms with E-state index in [1.165, 1.54) is 16.7 Å². The number of aliphatic hydroxyl groups is 1. The zero-order valence-electron chi connectivity index (χ0n) is 13.9. The number of rotatable bonds is 8. The summed E-state index contributed by atoms with van der Waals surface area (Å²) < 4.78 is 0. The van der Waals surface area contributed by atoms with Gasteiger partial charge in [-0.1, -0.05) is 41.5 Å². The van der Waals surface area contributed by atoms with Gasteiger partial charge < -0.3 is 10.2 Å². The number of carbonyl (C=O) groups is 1. The highest BCUT2D eigenvalue weighted by atomic mass is 16.4. The van der Waals surface area contributed by atoms with E-state index in [0.29, 0.717) is 0 Å². The Morgan fingerprint density at radius 3 is 1.76 bits per heavy atom. The first-order chi connectivity index (χ1) is 9.83. The summed E-state index contributed by atoms with van der Waals surface area (Å²) in [5.74, 6) is -0.981. The van der Waals surface area contributed by atoms with Crippen LogP contribution in [0.1, 0.15) is 53.4 Å². The van der Waals surface area contributed by atoms with Gasteiger partial charge in [-0.05, 0) is 53.4 Å². The summed E-state index contributed by atoms with van der Waals surface area (Å²) in [6, 6.07) is 0. The van der Waals surface area contributed by atoms with Crippen LogP contribution in [0.5, 0.6) is 0 Å². The van der Waals surface area contributed by atoms with E-state index in [0.717, 1.165) is 31.8 Å². The molecule has 0 aliphatic heterocycles. The van der Waals surface area contributed by atoms with E-state index in [2.05, 4.69) is 46.4 Å². The Balaban J connectivity index is 0. The minimum Gasteiger partial charge on any atom is -0.478 e. The lowest BCUT2D eigenvalue weighted by Gasteiger charge is -2.00. The molecule has 0 radical (unpaired) electrons. The first kappa shape index (κ1) is 21.7. The van der Waals surface area contributed by atoms with Crippen LogP contribution in [-0.2, 0) is 4.79 Å². The number of hydrogen-bond acceptors (Lipinski definition) is 2. The van der Waals surface area contributed by atoms with Crippen LogP contribution in [-0.4, -0.2) is 22.8 Å². The molecule has 0 saturated carbocycles. The molecule has 0 fully saturated rings. The number of carboxylic acid groups (broad SMARTS) is 1. The number of hydrogen-bond donors (Lipinski definition) is 2. The summed E-state index contributed by atoms with van der Waals surface area (Å²) in [6.07, 6.45) is 11.8. The third-order valence-corrected chi connectivity index (χ3v) is 2.74. The molecule has 21 heavy (non-hydrogen) atoms. The first-order valence-corrected chi connectivity index (χ1v) is 7.24. The predicted molar refractivity (Wildman–Crippen MR) is 90.3 cm³/mol. The summed E-state index contributed by atoms with van der Waals surface area (Å²) in [5, 5.41) is 16.3. The van der Waals surface area contributed by atoms with Crippen molar-refractivity contribution in [2.24, 2.45) is 0 Å². The van der Waals surface area contributed by atoms with Gasteiger partial charge in [0.15, 0.2) is 0 Å². The van der Waals surface area contributed by atoms with Crippen molar-refractivity contribution in [2.75, 3.05) is 6.61 Å². The molecule has 0 unspecified atom stereocenters. The van der Waals surface area contributed by atoms with E-state index in [9.17, 15) is 4.79 Å². The van der Waals surface area contributed by atoms with E-state index >= 15 is 0 Å². The first-order valence-electron chi connectivity index (χ1n) is 7.24. The average Bonchev–Trinajstić information content (AvgIpc) is 2.39. The fourth-order valence-corrected chi connectivity index (χ4v) is 1.49. The van der Waals surface area contributed by atoms with Crippen molar-refractivity contribution in [1.29, 1.82) is 0 Å². The molecule has 120 valence electrons. The van der Waals surface area contributed by atoms with Gasteiger partial charge in [-0.3, -0.25) is 0 Å². The largest absolute Gasteiger partial charge is 0.478 e. The predicted octanol–water partition coefficient (Wildman–Crippen LogP) is 4.65. The van der Waals surface area contributed by atoms with Crippen molar-refractivity contribution < 1.29 is 15.0 Å². The van der Waals surface area contributed by atoms with Gasteiger partial charge in [0.25, 0.3) is 0 Å². The summed E-state index contributed by atoms with van der Waals surface area (Å²) in [7, 11) is 0. The fraction of sp³-hybridized carbons (Fsp3) is 0.500. The molecular formula is C18H30O3. The van der Waals surface area contributed by atoms with Crippen molar-refractivity contribution in [1.82, 2.24) is 0 Å². The summed E-state index contributed by atoms with van der Waals surface area (Å²) in [6.45, 7) is 11.7. The zero-order valence-corrected chi connectivity index (χ0v) is 13.9. The molecule has 0 atom stereocenters. The van der Waals surface area contributed by atoms with Gasteiger partial charge in [-0.25, -0.2) is 4.79 Å². The summed E-state index contributed by atoms with van der Waals surface area (Å²) in [5.41, 5.74) is 4.14. The molecule has 0 aliphatic carbocycles. The van der Waals surface area contributed by atoms with E-state index in [1.807, 2.05) is 6.08 Å². The molecule has 0 rings (SSSR count). The van der Waals surface area contributed by atoms with Crippen LogP contribution in [0.3, 0.4) is 0 Å². The number of carboxylic acids is 1. The Kier molecular flexibility index (Phi) is 15.3. The van der Waals surface area contributed by atoms with Crippen LogP contribution < -0.4 is 0 Å². The highest BCUT2D eigenvalue weighted by molar-refractivity contribution is 5.78. The lowest BCUT2D eigenvalue weighted by Crippen LogP contribution is -1.82. The molecule has 0 aromatic heterocycles. The topological polar surface area (TPSA) is 57.5 Å². The molecular weight excluding hydrogens is 264 g/mol. The molecule has 0 bridgehead atoms. The molecule has 3 nitrogen and oxygen atoms in total. The monoisotopic (exact) mass is 294 g/mol. The SMILES string of the molecule is C=CC(=O)O.CC(C)=CCCC(C)=CCCC(C)=CCO. The second-order valence-electron chi connectivity index (χ2n) is 5.18. The van der Waals surface area contributed by atoms with Crippen LogP contribution in [0, 0.1) is 0 Å². The summed E-state index contributed by atoms with van der Waals surface area (Å²) in [4.78, 5) is 9.25. The van der Waals surface area contributed by atoms with E-state index in [4.69, 9.17) is 10.2 Å². The van der Waals surface area contributed by atoms with Crippen molar-refractivity contribution >= 4 is 5.97 Å². The number of aliphatic hydroxyl groups excluding tert-OH is 1. The molecule has 0 saturated heterocycles. The maximum atomic E-state index is 9.25. The van der Waals surface area contributed by atoms with Gasteiger partial charge in [0.05, 0.1) is 6.61 Å². The van der Waals surface area contributed by atoms with Gasteiger partial charge in [0.2, 0.25) is 0 Å². The zero-order chi connectivity index (χ0) is 16.7. The fourth-order valence-electron chi connectivity index (χ4n) is 1.49. The van der Waals surface area contributed by atoms with Gasteiger partial charge in [-0.2, -0.15) is 0 Å².